The molecule has 0 spiro atoms. The summed E-state index contributed by atoms with van der Waals surface area (Å²) in [6, 6.07) is 0. The molecule has 1 heterocycles. The highest BCUT2D eigenvalue weighted by Gasteiger charge is 2.08. The third-order valence-corrected chi connectivity index (χ3v) is 4.43. The van der Waals surface area contributed by atoms with E-state index in [1.807, 2.05) is 0 Å². The minimum Gasteiger partial charge on any atom is -0.490 e. The van der Waals surface area contributed by atoms with E-state index < -0.39 is 0 Å². The predicted molar refractivity (Wildman–Crippen MR) is 106 cm³/mol. The Morgan fingerprint density at radius 1 is 0.680 bits per heavy atom. The predicted octanol–water partition coefficient (Wildman–Crippen LogP) is 6.14. The summed E-state index contributed by atoms with van der Waals surface area (Å²) in [5, 5.41) is 0. The summed E-state index contributed by atoms with van der Waals surface area (Å²) in [6.07, 6.45) is 18.3. The van der Waals surface area contributed by atoms with Crippen molar-refractivity contribution in [2.45, 2.75) is 90.9 Å². The number of ether oxygens (including phenoxy) is 2. The molecule has 0 saturated heterocycles. The Labute approximate surface area is 154 Å². The first-order chi connectivity index (χ1) is 12.3. The summed E-state index contributed by atoms with van der Waals surface area (Å²) in [4.78, 5) is 4.19. The van der Waals surface area contributed by atoms with E-state index in [9.17, 15) is 0 Å². The number of hydrogen-bond donors (Lipinski definition) is 1. The van der Waals surface area contributed by atoms with Crippen molar-refractivity contribution in [1.29, 1.82) is 0 Å². The second-order valence-corrected chi connectivity index (χ2v) is 6.78. The van der Waals surface area contributed by atoms with E-state index in [4.69, 9.17) is 15.2 Å². The number of hydrogen-bond acceptors (Lipinski definition) is 4. The van der Waals surface area contributed by atoms with E-state index in [2.05, 4.69) is 18.8 Å². The summed E-state index contributed by atoms with van der Waals surface area (Å²) in [5.41, 5.74) is 6.73. The maximum Gasteiger partial charge on any atom is 0.164 e. The van der Waals surface area contributed by atoms with E-state index >= 15 is 0 Å². The normalized spacial score (nSPS) is 10.8. The second kappa shape index (κ2) is 14.9. The number of unbranched alkanes of at least 4 members (excludes halogenated alkanes) is 10. The van der Waals surface area contributed by atoms with Crippen molar-refractivity contribution in [2.75, 3.05) is 18.9 Å². The summed E-state index contributed by atoms with van der Waals surface area (Å²) < 4.78 is 11.6. The highest BCUT2D eigenvalue weighted by atomic mass is 16.5. The maximum absolute atomic E-state index is 6.15. The number of aromatic nitrogens is 1. The standard InChI is InChI=1S/C21H38N2O2/c1-3-5-7-9-11-13-15-24-19-17-23-18-20(21(19)22)25-16-14-12-10-8-6-4-2/h17-18H,3-16H2,1-2H3,(H2,22,23). The molecular weight excluding hydrogens is 312 g/mol. The molecule has 0 aliphatic rings. The lowest BCUT2D eigenvalue weighted by Gasteiger charge is -2.12. The second-order valence-electron chi connectivity index (χ2n) is 6.78. The first-order valence-corrected chi connectivity index (χ1v) is 10.3. The molecule has 0 radical (unpaired) electrons. The molecule has 0 aliphatic carbocycles. The van der Waals surface area contributed by atoms with Crippen molar-refractivity contribution in [3.63, 3.8) is 0 Å². The SMILES string of the molecule is CCCCCCCCOc1cncc(OCCCCCCCC)c1N. The number of nitrogens with zero attached hydrogens (tertiary/aromatic N) is 1. The molecule has 0 aliphatic heterocycles. The fraction of sp³-hybridized carbons (Fsp3) is 0.762. The van der Waals surface area contributed by atoms with Gasteiger partial charge in [-0.2, -0.15) is 0 Å². The molecule has 0 atom stereocenters. The Morgan fingerprint density at radius 2 is 1.08 bits per heavy atom. The van der Waals surface area contributed by atoms with Gasteiger partial charge in [0.2, 0.25) is 0 Å². The minimum absolute atomic E-state index is 0.576. The van der Waals surface area contributed by atoms with E-state index in [1.165, 1.54) is 64.2 Å². The molecule has 4 heteroatoms. The number of anilines is 1. The van der Waals surface area contributed by atoms with Crippen LogP contribution >= 0.6 is 0 Å². The molecule has 0 amide bonds. The summed E-state index contributed by atoms with van der Waals surface area (Å²) in [7, 11) is 0. The summed E-state index contributed by atoms with van der Waals surface area (Å²) in [5.74, 6) is 1.29. The van der Waals surface area contributed by atoms with Gasteiger partial charge < -0.3 is 15.2 Å². The molecule has 0 fully saturated rings. The lowest BCUT2D eigenvalue weighted by Crippen LogP contribution is -2.05. The largest absolute Gasteiger partial charge is 0.490 e. The molecule has 2 N–H and O–H groups in total. The number of nitrogens with two attached hydrogens (primary N) is 1. The average molecular weight is 351 g/mol. The molecule has 144 valence electrons. The number of rotatable bonds is 16. The van der Waals surface area contributed by atoms with Crippen LogP contribution in [-0.4, -0.2) is 18.2 Å². The maximum atomic E-state index is 6.15. The number of nitrogen functional groups attached to an aromatic ring is 1. The lowest BCUT2D eigenvalue weighted by atomic mass is 10.1. The third-order valence-electron chi connectivity index (χ3n) is 4.43. The minimum atomic E-state index is 0.576. The molecule has 1 rings (SSSR count). The van der Waals surface area contributed by atoms with Crippen LogP contribution in [0.2, 0.25) is 0 Å². The topological polar surface area (TPSA) is 57.4 Å². The van der Waals surface area contributed by atoms with E-state index in [1.54, 1.807) is 12.4 Å². The van der Waals surface area contributed by atoms with Crippen molar-refractivity contribution < 1.29 is 9.47 Å². The lowest BCUT2D eigenvalue weighted by molar-refractivity contribution is 0.290. The van der Waals surface area contributed by atoms with Crippen LogP contribution in [0.5, 0.6) is 11.5 Å². The van der Waals surface area contributed by atoms with Crippen LogP contribution in [0.1, 0.15) is 90.9 Å². The van der Waals surface area contributed by atoms with Gasteiger partial charge in [0.15, 0.2) is 11.5 Å². The molecule has 1 aromatic heterocycles. The molecule has 25 heavy (non-hydrogen) atoms. The smallest absolute Gasteiger partial charge is 0.164 e. The summed E-state index contributed by atoms with van der Waals surface area (Å²) in [6.45, 7) is 5.86. The zero-order valence-corrected chi connectivity index (χ0v) is 16.4. The van der Waals surface area contributed by atoms with Gasteiger partial charge in [-0.25, -0.2) is 0 Å². The zero-order chi connectivity index (χ0) is 18.2. The van der Waals surface area contributed by atoms with Crippen LogP contribution in [0.25, 0.3) is 0 Å². The van der Waals surface area contributed by atoms with Crippen LogP contribution in [0.4, 0.5) is 5.69 Å². The highest BCUT2D eigenvalue weighted by molar-refractivity contribution is 5.60. The molecule has 0 bridgehead atoms. The van der Waals surface area contributed by atoms with E-state index in [0.29, 0.717) is 30.4 Å². The van der Waals surface area contributed by atoms with Gasteiger partial charge in [0.1, 0.15) is 5.69 Å². The van der Waals surface area contributed by atoms with Gasteiger partial charge >= 0.3 is 0 Å². The van der Waals surface area contributed by atoms with Crippen LogP contribution in [0, 0.1) is 0 Å². The zero-order valence-electron chi connectivity index (χ0n) is 16.4. The van der Waals surface area contributed by atoms with Gasteiger partial charge in [-0.3, -0.25) is 4.98 Å². The van der Waals surface area contributed by atoms with Crippen LogP contribution in [0.15, 0.2) is 12.4 Å². The van der Waals surface area contributed by atoms with Gasteiger partial charge in [-0.05, 0) is 12.8 Å². The monoisotopic (exact) mass is 350 g/mol. The average Bonchev–Trinajstić information content (AvgIpc) is 2.62. The van der Waals surface area contributed by atoms with Gasteiger partial charge in [-0.15, -0.1) is 0 Å². The Hall–Kier alpha value is -1.45. The molecule has 0 unspecified atom stereocenters. The molecule has 0 aromatic carbocycles. The Kier molecular flexibility index (Phi) is 12.8. The van der Waals surface area contributed by atoms with E-state index in [-0.39, 0.29) is 0 Å². The van der Waals surface area contributed by atoms with Crippen molar-refractivity contribution in [3.8, 4) is 11.5 Å². The van der Waals surface area contributed by atoms with Crippen LogP contribution < -0.4 is 15.2 Å². The van der Waals surface area contributed by atoms with E-state index in [0.717, 1.165) is 12.8 Å². The molecular formula is C21H38N2O2. The molecule has 1 aromatic rings. The van der Waals surface area contributed by atoms with Crippen molar-refractivity contribution in [1.82, 2.24) is 4.98 Å². The van der Waals surface area contributed by atoms with Gasteiger partial charge in [0.25, 0.3) is 0 Å². The van der Waals surface area contributed by atoms with Gasteiger partial charge in [0.05, 0.1) is 25.6 Å². The van der Waals surface area contributed by atoms with Crippen molar-refractivity contribution >= 4 is 5.69 Å². The molecule has 4 nitrogen and oxygen atoms in total. The highest BCUT2D eigenvalue weighted by Crippen LogP contribution is 2.30. The first kappa shape index (κ1) is 21.6. The fourth-order valence-electron chi connectivity index (χ4n) is 2.79. The quantitative estimate of drug-likeness (QED) is 0.364. The van der Waals surface area contributed by atoms with Gasteiger partial charge in [0, 0.05) is 0 Å². The van der Waals surface area contributed by atoms with Crippen molar-refractivity contribution in [2.24, 2.45) is 0 Å². The van der Waals surface area contributed by atoms with Crippen molar-refractivity contribution in [3.05, 3.63) is 12.4 Å². The third kappa shape index (κ3) is 10.2. The van der Waals surface area contributed by atoms with Crippen LogP contribution in [0.3, 0.4) is 0 Å². The molecule has 0 saturated carbocycles. The fourth-order valence-corrected chi connectivity index (χ4v) is 2.79. The van der Waals surface area contributed by atoms with Crippen LogP contribution in [-0.2, 0) is 0 Å². The Morgan fingerprint density at radius 3 is 1.52 bits per heavy atom. The Balaban J connectivity index is 2.21. The number of pyridine rings is 1. The van der Waals surface area contributed by atoms with Gasteiger partial charge in [-0.1, -0.05) is 78.1 Å². The Bertz CT molecular complexity index is 402. The first-order valence-electron chi connectivity index (χ1n) is 10.3. The summed E-state index contributed by atoms with van der Waals surface area (Å²) >= 11 is 0.